The molecule has 4 nitrogen and oxygen atoms in total. The monoisotopic (exact) mass is 268 g/mol. The maximum Gasteiger partial charge on any atom is 0.151 e. The van der Waals surface area contributed by atoms with Crippen LogP contribution >= 0.6 is 0 Å². The fourth-order valence-corrected chi connectivity index (χ4v) is 4.12. The zero-order chi connectivity index (χ0) is 13.2. The molecule has 1 aromatic carbocycles. The largest absolute Gasteiger partial charge is 0.388 e. The Hall–Kier alpha value is -1.07. The van der Waals surface area contributed by atoms with Gasteiger partial charge in [0, 0.05) is 25.3 Å². The second-order valence-electron chi connectivity index (χ2n) is 4.92. The standard InChI is InChI=1S/C13H20N2O2S/c1-14-12-5-3-11(4-6-12)9-15(2)13-7-8-18(16,17)10-13/h3-6,13-14H,7-10H2,1-2H3. The molecule has 0 saturated carbocycles. The number of hydrogen-bond acceptors (Lipinski definition) is 4. The number of sulfone groups is 1. The summed E-state index contributed by atoms with van der Waals surface area (Å²) in [4.78, 5) is 2.14. The van der Waals surface area contributed by atoms with E-state index in [1.54, 1.807) is 0 Å². The second kappa shape index (κ2) is 5.28. The molecule has 1 N–H and O–H groups in total. The van der Waals surface area contributed by atoms with Crippen molar-refractivity contribution in [2.24, 2.45) is 0 Å². The third kappa shape index (κ3) is 3.23. The summed E-state index contributed by atoms with van der Waals surface area (Å²) in [7, 11) is 1.10. The van der Waals surface area contributed by atoms with Crippen LogP contribution in [0.2, 0.25) is 0 Å². The van der Waals surface area contributed by atoms with Crippen LogP contribution in [0.3, 0.4) is 0 Å². The molecule has 2 rings (SSSR count). The minimum atomic E-state index is -2.80. The molecule has 1 saturated heterocycles. The van der Waals surface area contributed by atoms with Crippen LogP contribution < -0.4 is 5.32 Å². The van der Waals surface area contributed by atoms with Gasteiger partial charge in [-0.3, -0.25) is 4.90 Å². The highest BCUT2D eigenvalue weighted by atomic mass is 32.2. The lowest BCUT2D eigenvalue weighted by atomic mass is 10.1. The molecular weight excluding hydrogens is 248 g/mol. The molecule has 0 amide bonds. The van der Waals surface area contributed by atoms with Crippen LogP contribution in [-0.2, 0) is 16.4 Å². The molecule has 0 bridgehead atoms. The van der Waals surface area contributed by atoms with Crippen molar-refractivity contribution in [1.82, 2.24) is 4.90 Å². The van der Waals surface area contributed by atoms with Crippen molar-refractivity contribution in [3.8, 4) is 0 Å². The summed E-state index contributed by atoms with van der Waals surface area (Å²) in [6.07, 6.45) is 0.757. The number of hydrogen-bond donors (Lipinski definition) is 1. The van der Waals surface area contributed by atoms with E-state index in [0.29, 0.717) is 11.5 Å². The Morgan fingerprint density at radius 2 is 2.00 bits per heavy atom. The van der Waals surface area contributed by atoms with E-state index >= 15 is 0 Å². The number of nitrogens with one attached hydrogen (secondary N) is 1. The van der Waals surface area contributed by atoms with E-state index in [4.69, 9.17) is 0 Å². The van der Waals surface area contributed by atoms with Crippen LogP contribution in [0.1, 0.15) is 12.0 Å². The summed E-state index contributed by atoms with van der Waals surface area (Å²) in [5.41, 5.74) is 2.30. The van der Waals surface area contributed by atoms with Crippen LogP contribution in [0.15, 0.2) is 24.3 Å². The predicted molar refractivity (Wildman–Crippen MR) is 74.5 cm³/mol. The van der Waals surface area contributed by atoms with Crippen LogP contribution in [0.25, 0.3) is 0 Å². The maximum atomic E-state index is 11.4. The molecule has 5 heteroatoms. The van der Waals surface area contributed by atoms with Crippen molar-refractivity contribution >= 4 is 15.5 Å². The minimum absolute atomic E-state index is 0.166. The van der Waals surface area contributed by atoms with E-state index in [0.717, 1.165) is 18.7 Å². The fourth-order valence-electron chi connectivity index (χ4n) is 2.32. The smallest absolute Gasteiger partial charge is 0.151 e. The molecule has 100 valence electrons. The van der Waals surface area contributed by atoms with Gasteiger partial charge in [0.1, 0.15) is 0 Å². The molecule has 1 aromatic rings. The predicted octanol–water partition coefficient (Wildman–Crippen LogP) is 1.35. The van der Waals surface area contributed by atoms with E-state index in [2.05, 4.69) is 22.3 Å². The lowest BCUT2D eigenvalue weighted by Crippen LogP contribution is -2.32. The van der Waals surface area contributed by atoms with Crippen molar-refractivity contribution < 1.29 is 8.42 Å². The van der Waals surface area contributed by atoms with E-state index in [9.17, 15) is 8.42 Å². The highest BCUT2D eigenvalue weighted by Crippen LogP contribution is 2.19. The quantitative estimate of drug-likeness (QED) is 0.895. The summed E-state index contributed by atoms with van der Waals surface area (Å²) < 4.78 is 22.9. The lowest BCUT2D eigenvalue weighted by Gasteiger charge is -2.23. The Morgan fingerprint density at radius 3 is 2.50 bits per heavy atom. The Bertz CT molecular complexity index is 496. The van der Waals surface area contributed by atoms with Gasteiger partial charge in [0.2, 0.25) is 0 Å². The molecule has 1 aliphatic rings. The van der Waals surface area contributed by atoms with Gasteiger partial charge in [-0.25, -0.2) is 8.42 Å². The van der Waals surface area contributed by atoms with Crippen molar-refractivity contribution in [2.75, 3.05) is 30.9 Å². The minimum Gasteiger partial charge on any atom is -0.388 e. The van der Waals surface area contributed by atoms with Gasteiger partial charge in [-0.05, 0) is 31.2 Å². The maximum absolute atomic E-state index is 11.4. The number of benzene rings is 1. The molecule has 18 heavy (non-hydrogen) atoms. The van der Waals surface area contributed by atoms with Gasteiger partial charge in [0.15, 0.2) is 9.84 Å². The first kappa shape index (κ1) is 13.4. The highest BCUT2D eigenvalue weighted by Gasteiger charge is 2.30. The summed E-state index contributed by atoms with van der Waals surface area (Å²) in [5.74, 6) is 0.638. The van der Waals surface area contributed by atoms with E-state index < -0.39 is 9.84 Å². The molecule has 1 heterocycles. The average Bonchev–Trinajstić information content (AvgIpc) is 2.71. The zero-order valence-corrected chi connectivity index (χ0v) is 11.7. The number of anilines is 1. The SMILES string of the molecule is CNc1ccc(CN(C)C2CCS(=O)(=O)C2)cc1. The van der Waals surface area contributed by atoms with Crippen molar-refractivity contribution in [3.05, 3.63) is 29.8 Å². The summed E-state index contributed by atoms with van der Waals surface area (Å²) in [6, 6.07) is 8.39. The van der Waals surface area contributed by atoms with Gasteiger partial charge in [-0.15, -0.1) is 0 Å². The Balaban J connectivity index is 1.96. The second-order valence-corrected chi connectivity index (χ2v) is 7.15. The summed E-state index contributed by atoms with van der Waals surface area (Å²) in [5, 5.41) is 3.08. The fraction of sp³-hybridized carbons (Fsp3) is 0.538. The van der Waals surface area contributed by atoms with Crippen LogP contribution in [0.4, 0.5) is 5.69 Å². The van der Waals surface area contributed by atoms with Gasteiger partial charge < -0.3 is 5.32 Å². The number of nitrogens with zero attached hydrogens (tertiary/aromatic N) is 1. The first-order valence-electron chi connectivity index (χ1n) is 6.17. The molecule has 1 fully saturated rings. The Kier molecular flexibility index (Phi) is 3.92. The van der Waals surface area contributed by atoms with Gasteiger partial charge in [0.05, 0.1) is 11.5 Å². The van der Waals surface area contributed by atoms with Gasteiger partial charge in [-0.1, -0.05) is 12.1 Å². The topological polar surface area (TPSA) is 49.4 Å². The van der Waals surface area contributed by atoms with Crippen LogP contribution in [0, 0.1) is 0 Å². The lowest BCUT2D eigenvalue weighted by molar-refractivity contribution is 0.254. The van der Waals surface area contributed by atoms with E-state index in [1.165, 1.54) is 5.56 Å². The molecular formula is C13H20N2O2S. The molecule has 0 aromatic heterocycles. The summed E-state index contributed by atoms with van der Waals surface area (Å²) in [6.45, 7) is 0.796. The Labute approximate surface area is 109 Å². The van der Waals surface area contributed by atoms with Crippen molar-refractivity contribution in [3.63, 3.8) is 0 Å². The third-order valence-corrected chi connectivity index (χ3v) is 5.26. The molecule has 0 radical (unpaired) electrons. The Morgan fingerprint density at radius 1 is 1.33 bits per heavy atom. The van der Waals surface area contributed by atoms with Crippen LogP contribution in [0.5, 0.6) is 0 Å². The normalized spacial score (nSPS) is 22.3. The molecule has 0 spiro atoms. The van der Waals surface area contributed by atoms with Gasteiger partial charge in [0.25, 0.3) is 0 Å². The molecule has 1 aliphatic heterocycles. The van der Waals surface area contributed by atoms with Crippen molar-refractivity contribution in [2.45, 2.75) is 19.0 Å². The first-order chi connectivity index (χ1) is 8.50. The highest BCUT2D eigenvalue weighted by molar-refractivity contribution is 7.91. The average molecular weight is 268 g/mol. The zero-order valence-electron chi connectivity index (χ0n) is 10.9. The van der Waals surface area contributed by atoms with Gasteiger partial charge >= 0.3 is 0 Å². The number of rotatable bonds is 4. The van der Waals surface area contributed by atoms with Crippen LogP contribution in [-0.4, -0.2) is 45.0 Å². The summed E-state index contributed by atoms with van der Waals surface area (Å²) >= 11 is 0. The first-order valence-corrected chi connectivity index (χ1v) is 8.00. The van der Waals surface area contributed by atoms with Crippen molar-refractivity contribution in [1.29, 1.82) is 0 Å². The molecule has 1 unspecified atom stereocenters. The third-order valence-electron chi connectivity index (χ3n) is 3.51. The molecule has 1 atom stereocenters. The van der Waals surface area contributed by atoms with E-state index in [-0.39, 0.29) is 6.04 Å². The van der Waals surface area contributed by atoms with Gasteiger partial charge in [-0.2, -0.15) is 0 Å². The van der Waals surface area contributed by atoms with E-state index in [1.807, 2.05) is 26.2 Å². The molecule has 0 aliphatic carbocycles.